The summed E-state index contributed by atoms with van der Waals surface area (Å²) in [4.78, 5) is 16.9. The van der Waals surface area contributed by atoms with Crippen LogP contribution in [0.1, 0.15) is 41.8 Å². The van der Waals surface area contributed by atoms with E-state index in [1.54, 1.807) is 6.07 Å². The van der Waals surface area contributed by atoms with Crippen LogP contribution in [0.25, 0.3) is 11.1 Å². The van der Waals surface area contributed by atoms with Gasteiger partial charge in [-0.3, -0.25) is 4.79 Å². The zero-order valence-corrected chi connectivity index (χ0v) is 14.7. The molecular formula is C19H20ClN3O2. The molecule has 0 radical (unpaired) electrons. The Kier molecular flexibility index (Phi) is 4.79. The number of hydrogen-bond acceptors (Lipinski definition) is 4. The van der Waals surface area contributed by atoms with Crippen LogP contribution in [0.15, 0.2) is 46.9 Å². The first kappa shape index (κ1) is 17.5. The molecule has 3 aromatic rings. The van der Waals surface area contributed by atoms with Gasteiger partial charge in [0, 0.05) is 17.7 Å². The number of rotatable bonds is 4. The normalized spacial score (nSPS) is 14.8. The number of benzene rings is 2. The molecule has 6 heteroatoms. The van der Waals surface area contributed by atoms with Crippen LogP contribution in [-0.2, 0) is 4.79 Å². The molecule has 0 bridgehead atoms. The molecule has 1 atom stereocenters. The molecule has 1 aliphatic carbocycles. The van der Waals surface area contributed by atoms with Crippen molar-refractivity contribution in [2.75, 3.05) is 5.32 Å². The molecule has 1 fully saturated rings. The molecule has 0 aliphatic heterocycles. The van der Waals surface area contributed by atoms with Gasteiger partial charge in [0.15, 0.2) is 11.5 Å². The number of nitrogens with two attached hydrogens (primary N) is 1. The lowest BCUT2D eigenvalue weighted by atomic mass is 10.1. The summed E-state index contributed by atoms with van der Waals surface area (Å²) in [7, 11) is 0. The van der Waals surface area contributed by atoms with Gasteiger partial charge in [-0.25, -0.2) is 4.98 Å². The first-order valence-corrected chi connectivity index (χ1v) is 8.13. The summed E-state index contributed by atoms with van der Waals surface area (Å²) < 4.78 is 5.78. The predicted octanol–water partition coefficient (Wildman–Crippen LogP) is 4.07. The van der Waals surface area contributed by atoms with Crippen molar-refractivity contribution in [2.24, 2.45) is 5.73 Å². The molecule has 25 heavy (non-hydrogen) atoms. The standard InChI is InChI=1S/C19H19N3O2.ClH/c1-11-2-4-12(5-3-11)17(20)18(23)21-14-8-9-15-16(10-14)24-19(22-15)13-6-7-13;/h2-5,8-10,13,17H,6-7,20H2,1H3,(H,21,23);1H. The zero-order chi connectivity index (χ0) is 16.7. The molecule has 5 nitrogen and oxygen atoms in total. The first-order chi connectivity index (χ1) is 11.6. The highest BCUT2D eigenvalue weighted by atomic mass is 35.5. The Morgan fingerprint density at radius 1 is 1.24 bits per heavy atom. The smallest absolute Gasteiger partial charge is 0.245 e. The minimum absolute atomic E-state index is 0. The minimum atomic E-state index is -0.710. The van der Waals surface area contributed by atoms with E-state index in [1.807, 2.05) is 43.3 Å². The van der Waals surface area contributed by atoms with Crippen molar-refractivity contribution in [3.63, 3.8) is 0 Å². The number of amides is 1. The van der Waals surface area contributed by atoms with Gasteiger partial charge in [0.05, 0.1) is 0 Å². The van der Waals surface area contributed by atoms with Crippen molar-refractivity contribution in [3.05, 3.63) is 59.5 Å². The number of halogens is 1. The maximum absolute atomic E-state index is 12.4. The lowest BCUT2D eigenvalue weighted by Crippen LogP contribution is -2.27. The van der Waals surface area contributed by atoms with E-state index in [2.05, 4.69) is 10.3 Å². The number of carbonyl (C=O) groups excluding carboxylic acids is 1. The van der Waals surface area contributed by atoms with Gasteiger partial charge in [-0.1, -0.05) is 29.8 Å². The van der Waals surface area contributed by atoms with Crippen molar-refractivity contribution < 1.29 is 9.21 Å². The van der Waals surface area contributed by atoms with Gasteiger partial charge >= 0.3 is 0 Å². The van der Waals surface area contributed by atoms with Crippen molar-refractivity contribution in [2.45, 2.75) is 31.7 Å². The third-order valence-corrected chi connectivity index (χ3v) is 4.32. The fourth-order valence-corrected chi connectivity index (χ4v) is 2.67. The number of aryl methyl sites for hydroxylation is 1. The summed E-state index contributed by atoms with van der Waals surface area (Å²) in [6.07, 6.45) is 2.28. The van der Waals surface area contributed by atoms with Crippen molar-refractivity contribution in [3.8, 4) is 0 Å². The number of anilines is 1. The average molecular weight is 358 g/mol. The fourth-order valence-electron chi connectivity index (χ4n) is 2.67. The van der Waals surface area contributed by atoms with E-state index in [0.717, 1.165) is 35.4 Å². The summed E-state index contributed by atoms with van der Waals surface area (Å²) in [5, 5.41) is 2.85. The van der Waals surface area contributed by atoms with Crippen LogP contribution >= 0.6 is 12.4 Å². The number of hydrogen-bond donors (Lipinski definition) is 2. The monoisotopic (exact) mass is 357 g/mol. The van der Waals surface area contributed by atoms with Gasteiger partial charge < -0.3 is 15.5 Å². The molecule has 1 unspecified atom stereocenters. The summed E-state index contributed by atoms with van der Waals surface area (Å²) in [6.45, 7) is 2.00. The number of nitrogens with zero attached hydrogens (tertiary/aromatic N) is 1. The maximum atomic E-state index is 12.4. The highest BCUT2D eigenvalue weighted by molar-refractivity contribution is 5.96. The van der Waals surface area contributed by atoms with E-state index in [-0.39, 0.29) is 18.3 Å². The zero-order valence-electron chi connectivity index (χ0n) is 13.9. The maximum Gasteiger partial charge on any atom is 0.245 e. The molecule has 2 aromatic carbocycles. The van der Waals surface area contributed by atoms with Crippen LogP contribution < -0.4 is 11.1 Å². The van der Waals surface area contributed by atoms with Crippen LogP contribution in [0.4, 0.5) is 5.69 Å². The average Bonchev–Trinajstić information content (AvgIpc) is 3.34. The quantitative estimate of drug-likeness (QED) is 0.737. The van der Waals surface area contributed by atoms with Crippen LogP contribution in [0.2, 0.25) is 0 Å². The van der Waals surface area contributed by atoms with E-state index >= 15 is 0 Å². The Hall–Kier alpha value is -2.37. The van der Waals surface area contributed by atoms with E-state index in [9.17, 15) is 4.79 Å². The van der Waals surface area contributed by atoms with Crippen LogP contribution in [0, 0.1) is 6.92 Å². The Labute approximate surface area is 152 Å². The van der Waals surface area contributed by atoms with Gasteiger partial charge in [0.1, 0.15) is 11.6 Å². The van der Waals surface area contributed by atoms with Gasteiger partial charge in [-0.2, -0.15) is 0 Å². The first-order valence-electron chi connectivity index (χ1n) is 8.13. The molecule has 0 saturated heterocycles. The molecule has 130 valence electrons. The summed E-state index contributed by atoms with van der Waals surface area (Å²) in [6, 6.07) is 12.4. The van der Waals surface area contributed by atoms with E-state index in [4.69, 9.17) is 10.2 Å². The Morgan fingerprint density at radius 3 is 2.64 bits per heavy atom. The predicted molar refractivity (Wildman–Crippen MR) is 100.0 cm³/mol. The lowest BCUT2D eigenvalue weighted by molar-refractivity contribution is -0.117. The van der Waals surface area contributed by atoms with Gasteiger partial charge in [0.25, 0.3) is 0 Å². The lowest BCUT2D eigenvalue weighted by Gasteiger charge is -2.12. The fraction of sp³-hybridized carbons (Fsp3) is 0.263. The van der Waals surface area contributed by atoms with Crippen LogP contribution in [0.5, 0.6) is 0 Å². The molecule has 4 rings (SSSR count). The Morgan fingerprint density at radius 2 is 1.96 bits per heavy atom. The van der Waals surface area contributed by atoms with Crippen LogP contribution in [0.3, 0.4) is 0 Å². The number of carbonyl (C=O) groups is 1. The SMILES string of the molecule is Cc1ccc(C(N)C(=O)Nc2ccc3nc(C4CC4)oc3c2)cc1.Cl. The topological polar surface area (TPSA) is 81.2 Å². The molecule has 0 spiro atoms. The largest absolute Gasteiger partial charge is 0.440 e. The summed E-state index contributed by atoms with van der Waals surface area (Å²) in [5.41, 5.74) is 10.1. The molecule has 1 aliphatic rings. The van der Waals surface area contributed by atoms with E-state index in [1.165, 1.54) is 0 Å². The van der Waals surface area contributed by atoms with Crippen molar-refractivity contribution in [1.29, 1.82) is 0 Å². The third kappa shape index (κ3) is 3.67. The minimum Gasteiger partial charge on any atom is -0.440 e. The third-order valence-electron chi connectivity index (χ3n) is 4.32. The van der Waals surface area contributed by atoms with Gasteiger partial charge in [-0.05, 0) is 37.5 Å². The second kappa shape index (κ2) is 6.86. The molecule has 1 amide bonds. The second-order valence-electron chi connectivity index (χ2n) is 6.39. The Bertz CT molecular complexity index is 901. The van der Waals surface area contributed by atoms with Crippen molar-refractivity contribution >= 4 is 35.1 Å². The summed E-state index contributed by atoms with van der Waals surface area (Å²) >= 11 is 0. The highest BCUT2D eigenvalue weighted by Crippen LogP contribution is 2.40. The van der Waals surface area contributed by atoms with Gasteiger partial charge in [0.2, 0.25) is 5.91 Å². The van der Waals surface area contributed by atoms with E-state index in [0.29, 0.717) is 17.2 Å². The summed E-state index contributed by atoms with van der Waals surface area (Å²) in [5.74, 6) is 1.01. The highest BCUT2D eigenvalue weighted by Gasteiger charge is 2.29. The molecule has 3 N–H and O–H groups in total. The molecule has 1 aromatic heterocycles. The number of oxazole rings is 1. The van der Waals surface area contributed by atoms with E-state index < -0.39 is 6.04 Å². The second-order valence-corrected chi connectivity index (χ2v) is 6.39. The number of fused-ring (bicyclic) bond motifs is 1. The number of nitrogens with one attached hydrogen (secondary N) is 1. The Balaban J connectivity index is 0.00000182. The van der Waals surface area contributed by atoms with Crippen LogP contribution in [-0.4, -0.2) is 10.9 Å². The van der Waals surface area contributed by atoms with Gasteiger partial charge in [-0.15, -0.1) is 12.4 Å². The molecule has 1 saturated carbocycles. The number of aromatic nitrogens is 1. The van der Waals surface area contributed by atoms with Crippen molar-refractivity contribution in [1.82, 2.24) is 4.98 Å². The molecular weight excluding hydrogens is 338 g/mol. The molecule has 1 heterocycles.